The molecule has 0 spiro atoms. The van der Waals surface area contributed by atoms with Gasteiger partial charge in [0.2, 0.25) is 11.8 Å². The van der Waals surface area contributed by atoms with Gasteiger partial charge in [0.15, 0.2) is 0 Å². The van der Waals surface area contributed by atoms with Crippen LogP contribution in [-0.4, -0.2) is 90.7 Å². The van der Waals surface area contributed by atoms with E-state index in [0.717, 1.165) is 65.6 Å². The normalized spacial score (nSPS) is 19.6. The minimum absolute atomic E-state index is 0.108. The van der Waals surface area contributed by atoms with Gasteiger partial charge in [-0.2, -0.15) is 0 Å². The molecule has 6 aromatic rings. The molecule has 0 radical (unpaired) electrons. The van der Waals surface area contributed by atoms with Gasteiger partial charge in [0.1, 0.15) is 17.7 Å². The summed E-state index contributed by atoms with van der Waals surface area (Å²) in [5.41, 5.74) is 8.87. The predicted octanol–water partition coefficient (Wildman–Crippen LogP) is 11.3. The molecule has 2 fully saturated rings. The number of hydrogen-bond acceptors (Lipinski definition) is 10. The molecule has 2 saturated heterocycles. The van der Waals surface area contributed by atoms with E-state index in [9.17, 15) is 9.59 Å². The third-order valence-electron chi connectivity index (χ3n) is 12.9. The van der Waals surface area contributed by atoms with E-state index in [-0.39, 0.29) is 23.7 Å². The first-order valence-electron chi connectivity index (χ1n) is 21.7. The van der Waals surface area contributed by atoms with Gasteiger partial charge in [-0.15, -0.1) is 22.7 Å². The Labute approximate surface area is 411 Å². The van der Waals surface area contributed by atoms with E-state index in [2.05, 4.69) is 47.2 Å². The number of aromatic nitrogens is 2. The van der Waals surface area contributed by atoms with Crippen LogP contribution in [0.2, 0.25) is 18.7 Å². The molecule has 16 heteroatoms. The van der Waals surface area contributed by atoms with Gasteiger partial charge in [-0.3, -0.25) is 9.59 Å². The average molecular weight is 999 g/mol. The Morgan fingerprint density at radius 3 is 1.82 bits per heavy atom. The van der Waals surface area contributed by atoms with Crippen LogP contribution >= 0.6 is 69.1 Å². The monoisotopic (exact) mass is 996 g/mol. The molecular weight excluding hydrogens is 955 g/mol. The Bertz CT molecular complexity index is 2880. The lowest BCUT2D eigenvalue weighted by atomic mass is 9.80. The summed E-state index contributed by atoms with van der Waals surface area (Å²) >= 11 is 30.6. The van der Waals surface area contributed by atoms with Crippen LogP contribution in [0.5, 0.6) is 0 Å². The Kier molecular flexibility index (Phi) is 13.0. The van der Waals surface area contributed by atoms with E-state index in [1.54, 1.807) is 0 Å². The Hall–Kier alpha value is -4.76. The molecule has 10 nitrogen and oxygen atoms in total. The van der Waals surface area contributed by atoms with Crippen molar-refractivity contribution in [3.63, 3.8) is 0 Å². The first-order chi connectivity index (χ1) is 32.1. The van der Waals surface area contributed by atoms with Crippen LogP contribution in [0.15, 0.2) is 104 Å². The van der Waals surface area contributed by atoms with Crippen molar-refractivity contribution in [3.8, 4) is 22.3 Å². The molecule has 2 aromatic carbocycles. The number of carbonyl (C=O) groups excluding carboxylic acids is 2. The number of hydrogen-bond donors (Lipinski definition) is 0. The number of halogens is 4. The molecule has 4 aromatic heterocycles. The fourth-order valence-electron chi connectivity index (χ4n) is 9.87. The number of ether oxygens (including phenoxy) is 2. The summed E-state index contributed by atoms with van der Waals surface area (Å²) in [7, 11) is 0. The summed E-state index contributed by atoms with van der Waals surface area (Å²) in [6.45, 7) is 13.5. The zero-order valence-corrected chi connectivity index (χ0v) is 40.4. The van der Waals surface area contributed by atoms with Crippen LogP contribution < -0.4 is 9.80 Å². The van der Waals surface area contributed by atoms with Gasteiger partial charge in [0.25, 0.3) is 0 Å². The standard InChI is InChI=1S/C50H44Cl4N6O4S2/c1-3-46(61)59-24-37(35-20-44(53)65-42(35)27-59)33-9-6-5-8-31(33)29-18-40(52)50(56-22-29)58-14-17-64-41(26-58)34-11-7-10-32(30-19-39(51)49(55-23-30)57-12-15-63-16-13-57)48(34)38-25-60(47(62)4-2)28-43-36(38)21-45(54)66-43/h3-11,18-23,37-38,41H,1-2,12-17,24-28H2/t37-,38-,41?/m1/s1. The van der Waals surface area contributed by atoms with Gasteiger partial charge in [-0.25, -0.2) is 9.97 Å². The molecule has 4 aliphatic heterocycles. The molecule has 10 rings (SSSR count). The molecule has 1 unspecified atom stereocenters. The first kappa shape index (κ1) is 45.0. The van der Waals surface area contributed by atoms with Crippen molar-refractivity contribution in [2.75, 3.05) is 68.9 Å². The van der Waals surface area contributed by atoms with Gasteiger partial charge in [0, 0.05) is 84.4 Å². The van der Waals surface area contributed by atoms with Gasteiger partial charge in [0.05, 0.1) is 51.6 Å². The number of anilines is 2. The minimum Gasteiger partial charge on any atom is -0.378 e. The maximum Gasteiger partial charge on any atom is 0.246 e. The second-order valence-electron chi connectivity index (χ2n) is 16.7. The van der Waals surface area contributed by atoms with Gasteiger partial charge in [-0.05, 0) is 75.4 Å². The van der Waals surface area contributed by atoms with E-state index in [1.807, 2.05) is 64.7 Å². The summed E-state index contributed by atoms with van der Waals surface area (Å²) in [4.78, 5) is 46.3. The van der Waals surface area contributed by atoms with Crippen molar-refractivity contribution >= 4 is 92.5 Å². The van der Waals surface area contributed by atoms with Crippen LogP contribution in [0.25, 0.3) is 22.3 Å². The second-order valence-corrected chi connectivity index (χ2v) is 21.0. The topological polar surface area (TPSA) is 91.3 Å². The van der Waals surface area contributed by atoms with E-state index in [0.29, 0.717) is 96.7 Å². The maximum absolute atomic E-state index is 13.3. The van der Waals surface area contributed by atoms with Gasteiger partial charge < -0.3 is 29.1 Å². The number of amides is 2. The smallest absolute Gasteiger partial charge is 0.246 e. The number of carbonyl (C=O) groups is 2. The molecule has 3 atom stereocenters. The van der Waals surface area contributed by atoms with Crippen molar-refractivity contribution in [2.45, 2.75) is 31.0 Å². The highest BCUT2D eigenvalue weighted by Gasteiger charge is 2.37. The zero-order valence-electron chi connectivity index (χ0n) is 35.7. The zero-order chi connectivity index (χ0) is 45.6. The quantitative estimate of drug-likeness (QED) is 0.132. The highest BCUT2D eigenvalue weighted by Crippen LogP contribution is 2.48. The molecule has 66 heavy (non-hydrogen) atoms. The van der Waals surface area contributed by atoms with Crippen molar-refractivity contribution in [2.24, 2.45) is 0 Å². The third-order valence-corrected chi connectivity index (χ3v) is 16.0. The number of morpholine rings is 2. The molecule has 0 saturated carbocycles. The van der Waals surface area contributed by atoms with E-state index in [4.69, 9.17) is 65.8 Å². The SMILES string of the molecule is C=CC(=O)N1Cc2sc(Cl)cc2[C@@H](c2ccccc2-c2cnc(N3CCOC(c4cccc(-c5cnc(N6CCOCC6)c(Cl)c5)c4[C@@H]4CN(C(=O)C=C)Cc5sc(Cl)cc54)C3)c(Cl)c2)C1. The van der Waals surface area contributed by atoms with Crippen LogP contribution in [0.3, 0.4) is 0 Å². The Balaban J connectivity index is 1.01. The fourth-order valence-corrected chi connectivity index (χ4v) is 13.2. The summed E-state index contributed by atoms with van der Waals surface area (Å²) in [6, 6.07) is 22.5. The molecule has 8 heterocycles. The molecule has 338 valence electrons. The minimum atomic E-state index is -0.398. The fraction of sp³-hybridized carbons (Fsp3) is 0.280. The molecule has 2 amide bonds. The van der Waals surface area contributed by atoms with Crippen LogP contribution in [-0.2, 0) is 32.2 Å². The lowest BCUT2D eigenvalue weighted by Gasteiger charge is -2.38. The van der Waals surface area contributed by atoms with Gasteiger partial charge in [-0.1, -0.05) is 102 Å². The molecule has 0 bridgehead atoms. The lowest BCUT2D eigenvalue weighted by Crippen LogP contribution is -2.40. The largest absolute Gasteiger partial charge is 0.378 e. The van der Waals surface area contributed by atoms with E-state index >= 15 is 0 Å². The summed E-state index contributed by atoms with van der Waals surface area (Å²) in [6.07, 6.45) is 6.09. The lowest BCUT2D eigenvalue weighted by molar-refractivity contribution is -0.127. The number of pyridine rings is 2. The maximum atomic E-state index is 13.3. The van der Waals surface area contributed by atoms with Crippen molar-refractivity contribution in [1.29, 1.82) is 0 Å². The first-order valence-corrected chi connectivity index (χ1v) is 24.8. The van der Waals surface area contributed by atoms with Crippen molar-refractivity contribution in [3.05, 3.63) is 161 Å². The number of nitrogens with zero attached hydrogens (tertiary/aromatic N) is 6. The molecule has 4 aliphatic rings. The Morgan fingerprint density at radius 1 is 0.636 bits per heavy atom. The number of rotatable bonds is 9. The molecular formula is C50H44Cl4N6O4S2. The number of thiophene rings is 2. The Morgan fingerprint density at radius 2 is 1.18 bits per heavy atom. The second kappa shape index (κ2) is 19.1. The number of benzene rings is 2. The predicted molar refractivity (Wildman–Crippen MR) is 267 cm³/mol. The molecule has 0 aliphatic carbocycles. The molecule has 0 N–H and O–H groups in total. The van der Waals surface area contributed by atoms with Crippen molar-refractivity contribution in [1.82, 2.24) is 19.8 Å². The van der Waals surface area contributed by atoms with Gasteiger partial charge >= 0.3 is 0 Å². The highest BCUT2D eigenvalue weighted by atomic mass is 35.5. The summed E-state index contributed by atoms with van der Waals surface area (Å²) in [5.74, 6) is 0.748. The number of fused-ring (bicyclic) bond motifs is 2. The average Bonchev–Trinajstić information content (AvgIpc) is 3.93. The van der Waals surface area contributed by atoms with Crippen molar-refractivity contribution < 1.29 is 19.1 Å². The third kappa shape index (κ3) is 8.67. The summed E-state index contributed by atoms with van der Waals surface area (Å²) in [5, 5.41) is 1.06. The van der Waals surface area contributed by atoms with E-state index in [1.165, 1.54) is 34.8 Å². The van der Waals surface area contributed by atoms with Crippen LogP contribution in [0, 0.1) is 0 Å². The van der Waals surface area contributed by atoms with E-state index < -0.39 is 6.10 Å². The highest BCUT2D eigenvalue weighted by molar-refractivity contribution is 7.16. The summed E-state index contributed by atoms with van der Waals surface area (Å²) < 4.78 is 13.6. The van der Waals surface area contributed by atoms with Crippen LogP contribution in [0.1, 0.15) is 55.5 Å². The van der Waals surface area contributed by atoms with Crippen LogP contribution in [0.4, 0.5) is 11.6 Å².